The van der Waals surface area contributed by atoms with Crippen molar-refractivity contribution >= 4 is 45.9 Å². The highest BCUT2D eigenvalue weighted by atomic mass is 32.2. The number of ether oxygens (including phenoxy) is 2. The van der Waals surface area contributed by atoms with Gasteiger partial charge in [0.1, 0.15) is 24.5 Å². The van der Waals surface area contributed by atoms with E-state index in [0.717, 1.165) is 35.6 Å². The number of carbonyl (C=O) groups excluding carboxylic acids is 2. The molecule has 3 heterocycles. The van der Waals surface area contributed by atoms with Gasteiger partial charge in [0.05, 0.1) is 35.0 Å². The molecule has 1 aromatic heterocycles. The quantitative estimate of drug-likeness (QED) is 0.290. The number of likely N-dealkylation sites (N-methyl/N-ethyl adjacent to an activating group) is 1. The van der Waals surface area contributed by atoms with Crippen molar-refractivity contribution in [2.45, 2.75) is 6.36 Å². The van der Waals surface area contributed by atoms with Gasteiger partial charge >= 0.3 is 12.4 Å². The molecule has 0 aliphatic carbocycles. The monoisotopic (exact) mass is 627 g/mol. The molecule has 16 heteroatoms. The Hall–Kier alpha value is -5.12. The largest absolute Gasteiger partial charge is 0.573 e. The molecule has 4 aromatic rings. The van der Waals surface area contributed by atoms with E-state index in [2.05, 4.69) is 25.1 Å². The molecule has 44 heavy (non-hydrogen) atoms. The predicted octanol–water partition coefficient (Wildman–Crippen LogP) is 5.47. The summed E-state index contributed by atoms with van der Waals surface area (Å²) in [5.74, 6) is -0.747. The third-order valence-corrected chi connectivity index (χ3v) is 7.48. The number of amides is 3. The average molecular weight is 628 g/mol. The Labute approximate surface area is 251 Å². The fraction of sp³-hybridized carbons (Fsp3) is 0.179. The number of fused-ring (bicyclic) bond motifs is 1. The summed E-state index contributed by atoms with van der Waals surface area (Å²) in [6.07, 6.45) is -3.49. The van der Waals surface area contributed by atoms with Gasteiger partial charge in [-0.2, -0.15) is 4.99 Å². The average Bonchev–Trinajstić information content (AvgIpc) is 3.61. The second-order valence-corrected chi connectivity index (χ2v) is 10.4. The number of urea groups is 1. The standard InChI is InChI=1S/C28H21F4N7O4S/c1-37-11-12-42-24-21(37)3-2-4-22(24)39-23(40)14-44-27(39)35-26(41)34-20-10-5-16(13-19(20)29)25-33-15-38(36-25)17-6-8-18(9-7-17)43-28(30,31)32/h2-10,13,15H,11-12,14H2,1H3,(H,34,41). The Morgan fingerprint density at radius 1 is 1.11 bits per heavy atom. The lowest BCUT2D eigenvalue weighted by Gasteiger charge is -2.30. The minimum Gasteiger partial charge on any atom is -0.487 e. The van der Waals surface area contributed by atoms with Crippen LogP contribution in [0.15, 0.2) is 72.0 Å². The third kappa shape index (κ3) is 6.01. The summed E-state index contributed by atoms with van der Waals surface area (Å²) in [6, 6.07) is 13.4. The maximum atomic E-state index is 15.0. The van der Waals surface area contributed by atoms with Gasteiger partial charge in [0.15, 0.2) is 16.7 Å². The first-order valence-electron chi connectivity index (χ1n) is 13.0. The number of hydrogen-bond donors (Lipinski definition) is 1. The van der Waals surface area contributed by atoms with Crippen molar-refractivity contribution in [1.29, 1.82) is 0 Å². The molecule has 6 rings (SSSR count). The van der Waals surface area contributed by atoms with Gasteiger partial charge in [-0.3, -0.25) is 9.69 Å². The zero-order chi connectivity index (χ0) is 31.0. The van der Waals surface area contributed by atoms with Crippen molar-refractivity contribution in [1.82, 2.24) is 14.8 Å². The minimum absolute atomic E-state index is 0.0693. The predicted molar refractivity (Wildman–Crippen MR) is 155 cm³/mol. The van der Waals surface area contributed by atoms with Crippen LogP contribution in [0.4, 0.5) is 39.4 Å². The van der Waals surface area contributed by atoms with Crippen LogP contribution in [0, 0.1) is 5.82 Å². The van der Waals surface area contributed by atoms with E-state index in [4.69, 9.17) is 4.74 Å². The number of carbonyl (C=O) groups is 2. The number of nitrogens with one attached hydrogen (secondary N) is 1. The maximum absolute atomic E-state index is 15.0. The number of thioether (sulfide) groups is 1. The highest BCUT2D eigenvalue weighted by Crippen LogP contribution is 2.42. The molecule has 0 radical (unpaired) electrons. The number of para-hydroxylation sites is 1. The third-order valence-electron chi connectivity index (χ3n) is 6.56. The molecule has 3 amide bonds. The first kappa shape index (κ1) is 29.0. The van der Waals surface area contributed by atoms with Gasteiger partial charge in [-0.05, 0) is 54.6 Å². The molecular weight excluding hydrogens is 606 g/mol. The molecule has 0 unspecified atom stereocenters. The second-order valence-electron chi connectivity index (χ2n) is 9.49. The van der Waals surface area contributed by atoms with E-state index >= 15 is 4.39 Å². The van der Waals surface area contributed by atoms with Crippen LogP contribution >= 0.6 is 11.8 Å². The van der Waals surface area contributed by atoms with Crippen LogP contribution in [0.2, 0.25) is 0 Å². The molecule has 11 nitrogen and oxygen atoms in total. The number of aliphatic imine (C=N–C) groups is 1. The molecule has 0 bridgehead atoms. The summed E-state index contributed by atoms with van der Waals surface area (Å²) in [5.41, 5.74) is 1.78. The van der Waals surface area contributed by atoms with Crippen molar-refractivity contribution in [3.8, 4) is 28.6 Å². The van der Waals surface area contributed by atoms with Crippen LogP contribution in [0.3, 0.4) is 0 Å². The van der Waals surface area contributed by atoms with Gasteiger partial charge in [0, 0.05) is 12.6 Å². The summed E-state index contributed by atoms with van der Waals surface area (Å²) in [4.78, 5) is 37.1. The highest BCUT2D eigenvalue weighted by molar-refractivity contribution is 8.15. The molecule has 1 N–H and O–H groups in total. The number of benzene rings is 3. The number of halogens is 4. The first-order chi connectivity index (χ1) is 21.1. The number of anilines is 3. The fourth-order valence-corrected chi connectivity index (χ4v) is 5.39. The SMILES string of the molecule is CN1CCOc2c1cccc2N1C(=O)CSC1=NC(=O)Nc1ccc(-c2ncn(-c3ccc(OC(F)(F)F)cc3)n2)cc1F. The van der Waals surface area contributed by atoms with E-state index < -0.39 is 24.0 Å². The van der Waals surface area contributed by atoms with E-state index in [1.807, 2.05) is 18.0 Å². The summed E-state index contributed by atoms with van der Waals surface area (Å²) in [5, 5.41) is 6.77. The van der Waals surface area contributed by atoms with Crippen molar-refractivity contribution in [2.24, 2.45) is 4.99 Å². The van der Waals surface area contributed by atoms with E-state index in [1.165, 1.54) is 40.2 Å². The lowest BCUT2D eigenvalue weighted by atomic mass is 10.2. The van der Waals surface area contributed by atoms with Crippen LogP contribution in [0.25, 0.3) is 17.1 Å². The minimum atomic E-state index is -4.81. The van der Waals surface area contributed by atoms with Crippen LogP contribution < -0.4 is 24.6 Å². The van der Waals surface area contributed by atoms with Crippen molar-refractivity contribution < 1.29 is 36.6 Å². The zero-order valence-electron chi connectivity index (χ0n) is 22.7. The maximum Gasteiger partial charge on any atom is 0.573 e. The van der Waals surface area contributed by atoms with Crippen LogP contribution in [0.1, 0.15) is 0 Å². The first-order valence-corrected chi connectivity index (χ1v) is 13.9. The normalized spacial score (nSPS) is 15.8. The lowest BCUT2D eigenvalue weighted by Crippen LogP contribution is -2.34. The van der Waals surface area contributed by atoms with Crippen molar-refractivity contribution in [2.75, 3.05) is 41.1 Å². The van der Waals surface area contributed by atoms with E-state index in [0.29, 0.717) is 30.3 Å². The molecule has 226 valence electrons. The van der Waals surface area contributed by atoms with Gasteiger partial charge in [0.25, 0.3) is 0 Å². The topological polar surface area (TPSA) is 114 Å². The zero-order valence-corrected chi connectivity index (χ0v) is 23.5. The summed E-state index contributed by atoms with van der Waals surface area (Å²) >= 11 is 1.08. The number of hydrogen-bond acceptors (Lipinski definition) is 8. The molecule has 0 atom stereocenters. The van der Waals surface area contributed by atoms with Crippen LogP contribution in [-0.2, 0) is 4.79 Å². The lowest BCUT2D eigenvalue weighted by molar-refractivity contribution is -0.274. The Morgan fingerprint density at radius 3 is 2.64 bits per heavy atom. The molecule has 1 saturated heterocycles. The Morgan fingerprint density at radius 2 is 1.89 bits per heavy atom. The molecule has 0 saturated carbocycles. The number of amidine groups is 1. The number of rotatable bonds is 5. The van der Waals surface area contributed by atoms with Gasteiger partial charge in [-0.15, -0.1) is 18.3 Å². The molecule has 1 fully saturated rings. The highest BCUT2D eigenvalue weighted by Gasteiger charge is 2.34. The van der Waals surface area contributed by atoms with Gasteiger partial charge in [-0.1, -0.05) is 17.8 Å². The Kier molecular flexibility index (Phi) is 7.59. The number of nitrogens with zero attached hydrogens (tertiary/aromatic N) is 6. The smallest absolute Gasteiger partial charge is 0.487 e. The van der Waals surface area contributed by atoms with Crippen molar-refractivity contribution in [3.63, 3.8) is 0 Å². The number of alkyl halides is 3. The summed E-state index contributed by atoms with van der Waals surface area (Å²) < 4.78 is 63.2. The Balaban J connectivity index is 1.16. The van der Waals surface area contributed by atoms with E-state index in [1.54, 1.807) is 12.1 Å². The van der Waals surface area contributed by atoms with Gasteiger partial charge in [0.2, 0.25) is 5.91 Å². The van der Waals surface area contributed by atoms with E-state index in [9.17, 15) is 22.8 Å². The molecule has 0 spiro atoms. The summed E-state index contributed by atoms with van der Waals surface area (Å²) in [6.45, 7) is 1.12. The molecule has 2 aliphatic heterocycles. The van der Waals surface area contributed by atoms with Crippen molar-refractivity contribution in [3.05, 3.63) is 72.8 Å². The molecule has 2 aliphatic rings. The van der Waals surface area contributed by atoms with E-state index in [-0.39, 0.29) is 33.9 Å². The fourth-order valence-electron chi connectivity index (χ4n) is 4.53. The van der Waals surface area contributed by atoms with Crippen LogP contribution in [-0.4, -0.2) is 64.2 Å². The molecular formula is C28H21F4N7O4S. The summed E-state index contributed by atoms with van der Waals surface area (Å²) in [7, 11) is 1.91. The van der Waals surface area contributed by atoms with Gasteiger partial charge < -0.3 is 19.7 Å². The molecule has 3 aromatic carbocycles. The van der Waals surface area contributed by atoms with Gasteiger partial charge in [-0.25, -0.2) is 18.9 Å². The second kappa shape index (κ2) is 11.5. The number of aromatic nitrogens is 3. The van der Waals surface area contributed by atoms with Crippen LogP contribution in [0.5, 0.6) is 11.5 Å². The Bertz CT molecular complexity index is 1780.